The van der Waals surface area contributed by atoms with Crippen molar-refractivity contribution in [3.05, 3.63) is 48.0 Å². The number of amides is 2. The molecule has 2 saturated heterocycles. The molecule has 1 N–H and O–H groups in total. The van der Waals surface area contributed by atoms with Crippen molar-refractivity contribution in [3.63, 3.8) is 0 Å². The van der Waals surface area contributed by atoms with Crippen LogP contribution in [0.1, 0.15) is 29.6 Å². The van der Waals surface area contributed by atoms with Gasteiger partial charge in [-0.1, -0.05) is 6.07 Å². The molecule has 5 rings (SSSR count). The molecule has 2 aromatic rings. The zero-order valence-electron chi connectivity index (χ0n) is 17.8. The van der Waals surface area contributed by atoms with Crippen molar-refractivity contribution in [2.45, 2.75) is 25.3 Å². The molecule has 0 radical (unpaired) electrons. The van der Waals surface area contributed by atoms with Crippen LogP contribution in [0, 0.1) is 0 Å². The Morgan fingerprint density at radius 1 is 1.03 bits per heavy atom. The van der Waals surface area contributed by atoms with Crippen LogP contribution in [0.3, 0.4) is 0 Å². The lowest BCUT2D eigenvalue weighted by Gasteiger charge is -2.41. The molecule has 2 fully saturated rings. The van der Waals surface area contributed by atoms with E-state index in [9.17, 15) is 9.59 Å². The maximum absolute atomic E-state index is 13.2. The molecule has 3 heterocycles. The van der Waals surface area contributed by atoms with Crippen LogP contribution in [-0.4, -0.2) is 62.6 Å². The summed E-state index contributed by atoms with van der Waals surface area (Å²) in [5, 5.41) is 3.03. The van der Waals surface area contributed by atoms with Crippen LogP contribution in [0.4, 0.5) is 17.1 Å². The van der Waals surface area contributed by atoms with Gasteiger partial charge in [-0.15, -0.1) is 0 Å². The van der Waals surface area contributed by atoms with Crippen LogP contribution in [-0.2, 0) is 4.79 Å². The minimum atomic E-state index is -0.0764. The Kier molecular flexibility index (Phi) is 5.18. The SMILES string of the molecule is COc1cccc(N2CCN(C(=O)c3ccc4c(c3)NC(=O)[C@H]3CCCCN43)CC2)c1. The van der Waals surface area contributed by atoms with Gasteiger partial charge in [0.1, 0.15) is 11.8 Å². The number of carbonyl (C=O) groups excluding carboxylic acids is 2. The maximum Gasteiger partial charge on any atom is 0.254 e. The Morgan fingerprint density at radius 2 is 1.87 bits per heavy atom. The monoisotopic (exact) mass is 420 g/mol. The molecule has 0 bridgehead atoms. The van der Waals surface area contributed by atoms with Crippen molar-refractivity contribution in [2.75, 3.05) is 55.0 Å². The number of piperazine rings is 1. The Labute approximate surface area is 182 Å². The second-order valence-corrected chi connectivity index (χ2v) is 8.41. The van der Waals surface area contributed by atoms with Crippen LogP contribution in [0.25, 0.3) is 0 Å². The first-order chi connectivity index (χ1) is 15.1. The number of nitrogens with zero attached hydrogens (tertiary/aromatic N) is 3. The predicted molar refractivity (Wildman–Crippen MR) is 121 cm³/mol. The lowest BCUT2D eigenvalue weighted by molar-refractivity contribution is -0.118. The van der Waals surface area contributed by atoms with Crippen LogP contribution in [0.5, 0.6) is 5.75 Å². The van der Waals surface area contributed by atoms with Crippen molar-refractivity contribution < 1.29 is 14.3 Å². The fourth-order valence-corrected chi connectivity index (χ4v) is 4.89. The Bertz CT molecular complexity index is 1000. The molecule has 2 amide bonds. The highest BCUT2D eigenvalue weighted by atomic mass is 16.5. The standard InChI is InChI=1S/C24H28N4O3/c1-31-19-6-4-5-18(16-19)26-11-13-27(14-12-26)24(30)17-8-9-21-20(15-17)25-23(29)22-7-2-3-10-28(21)22/h4-6,8-9,15-16,22H,2-3,7,10-14H2,1H3,(H,25,29)/t22-/m1/s1. The average molecular weight is 421 g/mol. The normalized spacial score (nSPS) is 20.6. The van der Waals surface area contributed by atoms with Crippen molar-refractivity contribution >= 4 is 28.9 Å². The first-order valence-electron chi connectivity index (χ1n) is 11.0. The summed E-state index contributed by atoms with van der Waals surface area (Å²) in [6.07, 6.45) is 3.08. The average Bonchev–Trinajstić information content (AvgIpc) is 2.83. The van der Waals surface area contributed by atoms with Gasteiger partial charge in [0.25, 0.3) is 5.91 Å². The Morgan fingerprint density at radius 3 is 2.68 bits per heavy atom. The molecule has 7 nitrogen and oxygen atoms in total. The number of carbonyl (C=O) groups is 2. The third-order valence-electron chi connectivity index (χ3n) is 6.60. The van der Waals surface area contributed by atoms with Crippen LogP contribution in [0.2, 0.25) is 0 Å². The van der Waals surface area contributed by atoms with Crippen molar-refractivity contribution in [2.24, 2.45) is 0 Å². The van der Waals surface area contributed by atoms with Gasteiger partial charge in [-0.25, -0.2) is 0 Å². The molecule has 0 aliphatic carbocycles. The summed E-state index contributed by atoms with van der Waals surface area (Å²) in [6, 6.07) is 13.7. The number of ether oxygens (including phenoxy) is 1. The van der Waals surface area contributed by atoms with E-state index >= 15 is 0 Å². The second kappa shape index (κ2) is 8.13. The van der Waals surface area contributed by atoms with Crippen LogP contribution in [0.15, 0.2) is 42.5 Å². The quantitative estimate of drug-likeness (QED) is 0.827. The highest BCUT2D eigenvalue weighted by Gasteiger charge is 2.35. The fraction of sp³-hybridized carbons (Fsp3) is 0.417. The molecule has 1 atom stereocenters. The molecule has 31 heavy (non-hydrogen) atoms. The Hall–Kier alpha value is -3.22. The van der Waals surface area contributed by atoms with Gasteiger partial charge < -0.3 is 24.8 Å². The lowest BCUT2D eigenvalue weighted by atomic mass is 9.96. The summed E-state index contributed by atoms with van der Waals surface area (Å²) < 4.78 is 5.32. The molecule has 3 aliphatic rings. The maximum atomic E-state index is 13.2. The lowest BCUT2D eigenvalue weighted by Crippen LogP contribution is -2.50. The first kappa shape index (κ1) is 19.7. The van der Waals surface area contributed by atoms with Crippen molar-refractivity contribution in [1.82, 2.24) is 4.90 Å². The van der Waals surface area contributed by atoms with E-state index in [2.05, 4.69) is 21.2 Å². The van der Waals surface area contributed by atoms with Gasteiger partial charge in [-0.05, 0) is 49.6 Å². The molecular formula is C24H28N4O3. The van der Waals surface area contributed by atoms with E-state index in [1.165, 1.54) is 0 Å². The third kappa shape index (κ3) is 3.69. The number of benzene rings is 2. The molecule has 0 aromatic heterocycles. The van der Waals surface area contributed by atoms with E-state index in [0.29, 0.717) is 18.7 Å². The number of nitrogens with one attached hydrogen (secondary N) is 1. The number of rotatable bonds is 3. The number of hydrogen-bond donors (Lipinski definition) is 1. The van der Waals surface area contributed by atoms with Gasteiger partial charge in [-0.2, -0.15) is 0 Å². The van der Waals surface area contributed by atoms with Gasteiger partial charge in [0.15, 0.2) is 0 Å². The molecule has 2 aromatic carbocycles. The summed E-state index contributed by atoms with van der Waals surface area (Å²) in [6.45, 7) is 3.76. The summed E-state index contributed by atoms with van der Waals surface area (Å²) >= 11 is 0. The van der Waals surface area contributed by atoms with E-state index < -0.39 is 0 Å². The molecule has 3 aliphatic heterocycles. The highest BCUT2D eigenvalue weighted by molar-refractivity contribution is 6.05. The first-order valence-corrected chi connectivity index (χ1v) is 11.0. The van der Waals surface area contributed by atoms with Crippen molar-refractivity contribution in [3.8, 4) is 5.75 Å². The topological polar surface area (TPSA) is 65.1 Å². The summed E-state index contributed by atoms with van der Waals surface area (Å²) in [5.74, 6) is 0.898. The second-order valence-electron chi connectivity index (χ2n) is 8.41. The summed E-state index contributed by atoms with van der Waals surface area (Å²) in [7, 11) is 1.67. The van der Waals surface area contributed by atoms with E-state index in [1.807, 2.05) is 41.3 Å². The molecule has 0 unspecified atom stereocenters. The summed E-state index contributed by atoms with van der Waals surface area (Å²) in [5.41, 5.74) is 3.52. The van der Waals surface area contributed by atoms with E-state index in [1.54, 1.807) is 7.11 Å². The van der Waals surface area contributed by atoms with Gasteiger partial charge in [0.05, 0.1) is 18.5 Å². The molecular weight excluding hydrogens is 392 g/mol. The number of hydrogen-bond acceptors (Lipinski definition) is 5. The van der Waals surface area contributed by atoms with Crippen LogP contribution >= 0.6 is 0 Å². The van der Waals surface area contributed by atoms with Gasteiger partial charge in [0, 0.05) is 50.0 Å². The van der Waals surface area contributed by atoms with E-state index in [0.717, 1.165) is 61.7 Å². The zero-order valence-corrected chi connectivity index (χ0v) is 17.8. The summed E-state index contributed by atoms with van der Waals surface area (Å²) in [4.78, 5) is 32.0. The number of anilines is 3. The van der Waals surface area contributed by atoms with Gasteiger partial charge >= 0.3 is 0 Å². The van der Waals surface area contributed by atoms with E-state index in [4.69, 9.17) is 4.74 Å². The Balaban J connectivity index is 1.28. The third-order valence-corrected chi connectivity index (χ3v) is 6.60. The molecule has 7 heteroatoms. The molecule has 0 saturated carbocycles. The molecule has 162 valence electrons. The largest absolute Gasteiger partial charge is 0.497 e. The fourth-order valence-electron chi connectivity index (χ4n) is 4.89. The minimum absolute atomic E-state index is 0.0168. The van der Waals surface area contributed by atoms with Gasteiger partial charge in [0.2, 0.25) is 5.91 Å². The smallest absolute Gasteiger partial charge is 0.254 e. The minimum Gasteiger partial charge on any atom is -0.497 e. The van der Waals surface area contributed by atoms with E-state index in [-0.39, 0.29) is 17.9 Å². The number of fused-ring (bicyclic) bond motifs is 3. The highest BCUT2D eigenvalue weighted by Crippen LogP contribution is 2.36. The van der Waals surface area contributed by atoms with Crippen molar-refractivity contribution in [1.29, 1.82) is 0 Å². The zero-order chi connectivity index (χ0) is 21.4. The predicted octanol–water partition coefficient (Wildman–Crippen LogP) is 2.97. The van der Waals surface area contributed by atoms with Gasteiger partial charge in [-0.3, -0.25) is 9.59 Å². The number of methoxy groups -OCH3 is 1. The molecule has 0 spiro atoms. The number of piperidine rings is 1. The van der Waals surface area contributed by atoms with Crippen LogP contribution < -0.4 is 19.9 Å².